The zero-order valence-corrected chi connectivity index (χ0v) is 13.0. The first kappa shape index (κ1) is 14.9. The fourth-order valence-electron chi connectivity index (χ4n) is 2.43. The molecule has 1 aliphatic rings. The molecule has 0 amide bonds. The van der Waals surface area contributed by atoms with Gasteiger partial charge < -0.3 is 10.1 Å². The summed E-state index contributed by atoms with van der Waals surface area (Å²) in [6, 6.07) is 0.537. The average molecular weight is 283 g/mol. The fourth-order valence-corrected chi connectivity index (χ4v) is 3.18. The second-order valence-electron chi connectivity index (χ2n) is 5.15. The summed E-state index contributed by atoms with van der Waals surface area (Å²) in [5.74, 6) is 0. The van der Waals surface area contributed by atoms with Gasteiger partial charge in [-0.1, -0.05) is 13.8 Å². The Hall–Kier alpha value is -0.490. The van der Waals surface area contributed by atoms with E-state index in [1.807, 2.05) is 0 Å². The summed E-state index contributed by atoms with van der Waals surface area (Å²) in [4.78, 5) is 7.22. The quantitative estimate of drug-likeness (QED) is 0.869. The van der Waals surface area contributed by atoms with Crippen molar-refractivity contribution < 1.29 is 4.74 Å². The summed E-state index contributed by atoms with van der Waals surface area (Å²) >= 11 is 1.76. The molecule has 0 saturated carbocycles. The monoisotopic (exact) mass is 283 g/mol. The van der Waals surface area contributed by atoms with Gasteiger partial charge in [0.05, 0.1) is 18.4 Å². The van der Waals surface area contributed by atoms with E-state index >= 15 is 0 Å². The minimum absolute atomic E-state index is 0.336. The summed E-state index contributed by atoms with van der Waals surface area (Å²) in [5.41, 5.74) is 1.20. The van der Waals surface area contributed by atoms with Crippen molar-refractivity contribution in [3.05, 3.63) is 16.1 Å². The van der Waals surface area contributed by atoms with Crippen LogP contribution >= 0.6 is 11.3 Å². The molecule has 1 saturated heterocycles. The number of thiazole rings is 1. The molecule has 1 aromatic rings. The molecule has 1 fully saturated rings. The van der Waals surface area contributed by atoms with E-state index in [0.717, 1.165) is 39.2 Å². The van der Waals surface area contributed by atoms with Gasteiger partial charge >= 0.3 is 0 Å². The summed E-state index contributed by atoms with van der Waals surface area (Å²) in [5, 5.41) is 6.70. The molecule has 0 aromatic carbocycles. The summed E-state index contributed by atoms with van der Waals surface area (Å²) in [6.45, 7) is 11.2. The molecule has 5 heteroatoms. The number of hydrogen-bond donors (Lipinski definition) is 1. The molecule has 2 heterocycles. The molecule has 2 unspecified atom stereocenters. The largest absolute Gasteiger partial charge is 0.376 e. The highest BCUT2D eigenvalue weighted by molar-refractivity contribution is 7.09. The Balaban J connectivity index is 1.92. The lowest BCUT2D eigenvalue weighted by Crippen LogP contribution is -2.47. The van der Waals surface area contributed by atoms with Crippen LogP contribution in [0.3, 0.4) is 0 Å². The van der Waals surface area contributed by atoms with Crippen LogP contribution in [0, 0.1) is 0 Å². The maximum atomic E-state index is 5.74. The van der Waals surface area contributed by atoms with Crippen LogP contribution in [0.1, 0.15) is 37.9 Å². The minimum atomic E-state index is 0.336. The Morgan fingerprint density at radius 3 is 3.11 bits per heavy atom. The normalized spacial score (nSPS) is 24.8. The van der Waals surface area contributed by atoms with Crippen LogP contribution in [-0.4, -0.2) is 41.7 Å². The highest BCUT2D eigenvalue weighted by Crippen LogP contribution is 2.19. The molecule has 2 rings (SSSR count). The summed E-state index contributed by atoms with van der Waals surface area (Å²) < 4.78 is 5.74. The first-order valence-corrected chi connectivity index (χ1v) is 8.10. The average Bonchev–Trinajstić information content (AvgIpc) is 2.84. The van der Waals surface area contributed by atoms with E-state index in [-0.39, 0.29) is 0 Å². The second-order valence-corrected chi connectivity index (χ2v) is 6.09. The first-order valence-electron chi connectivity index (χ1n) is 7.22. The van der Waals surface area contributed by atoms with Crippen LogP contribution < -0.4 is 5.32 Å². The molecular weight excluding hydrogens is 258 g/mol. The van der Waals surface area contributed by atoms with Crippen LogP contribution in [-0.2, 0) is 17.8 Å². The van der Waals surface area contributed by atoms with E-state index in [1.165, 1.54) is 10.7 Å². The van der Waals surface area contributed by atoms with Crippen molar-refractivity contribution in [3.8, 4) is 0 Å². The van der Waals surface area contributed by atoms with Crippen LogP contribution in [0.5, 0.6) is 0 Å². The molecule has 19 heavy (non-hydrogen) atoms. The van der Waals surface area contributed by atoms with Crippen molar-refractivity contribution in [2.45, 2.75) is 52.4 Å². The van der Waals surface area contributed by atoms with Gasteiger partial charge in [0.15, 0.2) is 0 Å². The maximum absolute atomic E-state index is 5.74. The minimum Gasteiger partial charge on any atom is -0.376 e. The molecule has 0 bridgehead atoms. The number of aromatic nitrogens is 1. The van der Waals surface area contributed by atoms with Gasteiger partial charge in [0.2, 0.25) is 0 Å². The summed E-state index contributed by atoms with van der Waals surface area (Å²) in [6.07, 6.45) is 1.48. The number of nitrogens with zero attached hydrogens (tertiary/aromatic N) is 2. The van der Waals surface area contributed by atoms with Crippen molar-refractivity contribution in [1.29, 1.82) is 0 Å². The Labute approximate surface area is 120 Å². The Morgan fingerprint density at radius 1 is 1.53 bits per heavy atom. The van der Waals surface area contributed by atoms with E-state index < -0.39 is 0 Å². The SMILES string of the molecule is CCNCc1nc(CN2CC(C)OCC2CC)cs1. The van der Waals surface area contributed by atoms with Gasteiger partial charge in [-0.25, -0.2) is 4.98 Å². The standard InChI is InChI=1S/C14H25N3OS/c1-4-13-9-18-11(3)7-17(13)8-12-10-19-14(16-12)6-15-5-2/h10-11,13,15H,4-9H2,1-3H3. The van der Waals surface area contributed by atoms with Crippen molar-refractivity contribution in [2.24, 2.45) is 0 Å². The fraction of sp³-hybridized carbons (Fsp3) is 0.786. The van der Waals surface area contributed by atoms with Crippen molar-refractivity contribution in [3.63, 3.8) is 0 Å². The molecule has 1 aliphatic heterocycles. The first-order chi connectivity index (χ1) is 9.22. The molecule has 1 N–H and O–H groups in total. The number of morpholine rings is 1. The highest BCUT2D eigenvalue weighted by Gasteiger charge is 2.25. The van der Waals surface area contributed by atoms with Crippen LogP contribution in [0.2, 0.25) is 0 Å². The molecule has 4 nitrogen and oxygen atoms in total. The van der Waals surface area contributed by atoms with E-state index in [2.05, 4.69) is 36.4 Å². The van der Waals surface area contributed by atoms with Gasteiger partial charge in [-0.05, 0) is 19.9 Å². The van der Waals surface area contributed by atoms with Crippen LogP contribution in [0.4, 0.5) is 0 Å². The molecule has 108 valence electrons. The number of rotatable bonds is 6. The highest BCUT2D eigenvalue weighted by atomic mass is 32.1. The smallest absolute Gasteiger partial charge is 0.107 e. The van der Waals surface area contributed by atoms with E-state index in [9.17, 15) is 0 Å². The topological polar surface area (TPSA) is 37.4 Å². The molecule has 0 spiro atoms. The Kier molecular flexibility index (Phi) is 5.76. The zero-order chi connectivity index (χ0) is 13.7. The van der Waals surface area contributed by atoms with Gasteiger partial charge in [0, 0.05) is 31.1 Å². The van der Waals surface area contributed by atoms with Crippen molar-refractivity contribution in [2.75, 3.05) is 19.7 Å². The van der Waals surface area contributed by atoms with E-state index in [0.29, 0.717) is 12.1 Å². The van der Waals surface area contributed by atoms with Gasteiger partial charge in [-0.15, -0.1) is 11.3 Å². The molecule has 0 radical (unpaired) electrons. The lowest BCUT2D eigenvalue weighted by molar-refractivity contribution is -0.0595. The van der Waals surface area contributed by atoms with Crippen molar-refractivity contribution >= 4 is 11.3 Å². The molecule has 0 aliphatic carbocycles. The van der Waals surface area contributed by atoms with E-state index in [4.69, 9.17) is 9.72 Å². The zero-order valence-electron chi connectivity index (χ0n) is 12.2. The summed E-state index contributed by atoms with van der Waals surface area (Å²) in [7, 11) is 0. The number of ether oxygens (including phenoxy) is 1. The Morgan fingerprint density at radius 2 is 2.37 bits per heavy atom. The van der Waals surface area contributed by atoms with Gasteiger partial charge in [0.1, 0.15) is 5.01 Å². The lowest BCUT2D eigenvalue weighted by Gasteiger charge is -2.37. The predicted octanol–water partition coefficient (Wildman–Crippen LogP) is 2.25. The third kappa shape index (κ3) is 4.24. The third-order valence-corrected chi connectivity index (χ3v) is 4.44. The maximum Gasteiger partial charge on any atom is 0.107 e. The van der Waals surface area contributed by atoms with Crippen LogP contribution in [0.15, 0.2) is 5.38 Å². The lowest BCUT2D eigenvalue weighted by atomic mass is 10.1. The molecule has 2 atom stereocenters. The number of hydrogen-bond acceptors (Lipinski definition) is 5. The Bertz CT molecular complexity index is 383. The van der Waals surface area contributed by atoms with Gasteiger partial charge in [0.25, 0.3) is 0 Å². The predicted molar refractivity (Wildman–Crippen MR) is 79.4 cm³/mol. The van der Waals surface area contributed by atoms with E-state index in [1.54, 1.807) is 11.3 Å². The van der Waals surface area contributed by atoms with Crippen LogP contribution in [0.25, 0.3) is 0 Å². The second kappa shape index (κ2) is 7.33. The number of nitrogens with one attached hydrogen (secondary N) is 1. The molecule has 1 aromatic heterocycles. The molecular formula is C14H25N3OS. The third-order valence-electron chi connectivity index (χ3n) is 3.54. The van der Waals surface area contributed by atoms with Gasteiger partial charge in [-0.2, -0.15) is 0 Å². The van der Waals surface area contributed by atoms with Crippen molar-refractivity contribution in [1.82, 2.24) is 15.2 Å². The van der Waals surface area contributed by atoms with Gasteiger partial charge in [-0.3, -0.25) is 4.90 Å².